The number of aliphatic hydroxyl groups excluding tert-OH is 8. The van der Waals surface area contributed by atoms with Crippen LogP contribution in [0.15, 0.2) is 24.3 Å². The third kappa shape index (κ3) is 30.0. The predicted octanol–water partition coefficient (Wildman–Crippen LogP) is 8.76. The van der Waals surface area contributed by atoms with E-state index in [-0.39, 0.29) is 6.42 Å². The minimum absolute atomic E-state index is 0.199. The minimum Gasteiger partial charge on any atom is -0.394 e. The Morgan fingerprint density at radius 1 is 0.547 bits per heavy atom. The maximum Gasteiger partial charge on any atom is 0.249 e. The van der Waals surface area contributed by atoms with Crippen LogP contribution in [0.2, 0.25) is 0 Å². The van der Waals surface area contributed by atoms with Crippen molar-refractivity contribution >= 4 is 5.91 Å². The van der Waals surface area contributed by atoms with Gasteiger partial charge in [0.15, 0.2) is 6.29 Å². The van der Waals surface area contributed by atoms with Gasteiger partial charge in [-0.1, -0.05) is 205 Å². The van der Waals surface area contributed by atoms with Gasteiger partial charge in [-0.05, 0) is 44.9 Å². The number of aliphatic hydroxyl groups is 8. The van der Waals surface area contributed by atoms with Crippen molar-refractivity contribution in [3.8, 4) is 0 Å². The van der Waals surface area contributed by atoms with E-state index in [2.05, 4.69) is 31.3 Å². The number of unbranched alkanes of at least 4 members (excludes halogenated alkanes) is 29. The van der Waals surface area contributed by atoms with E-state index >= 15 is 0 Å². The molecule has 1 saturated heterocycles. The number of allylic oxidation sites excluding steroid dienone is 3. The van der Waals surface area contributed by atoms with E-state index in [1.165, 1.54) is 160 Å². The van der Waals surface area contributed by atoms with E-state index in [1.807, 2.05) is 0 Å². The highest BCUT2D eigenvalue weighted by atomic mass is 16.7. The van der Waals surface area contributed by atoms with Crippen molar-refractivity contribution in [2.24, 2.45) is 0 Å². The average molecular weight is 914 g/mol. The van der Waals surface area contributed by atoms with Crippen molar-refractivity contribution in [2.75, 3.05) is 13.2 Å². The zero-order valence-electron chi connectivity index (χ0n) is 40.6. The van der Waals surface area contributed by atoms with Gasteiger partial charge in [0.1, 0.15) is 48.8 Å². The fourth-order valence-electron chi connectivity index (χ4n) is 8.40. The molecule has 10 atom stereocenters. The fraction of sp³-hybridized carbons (Fsp3) is 0.904. The summed E-state index contributed by atoms with van der Waals surface area (Å²) >= 11 is 0. The molecule has 0 spiro atoms. The van der Waals surface area contributed by atoms with Gasteiger partial charge >= 0.3 is 0 Å². The number of carbonyl (C=O) groups excluding carboxylic acids is 1. The van der Waals surface area contributed by atoms with Crippen LogP contribution in [0.3, 0.4) is 0 Å². The summed E-state index contributed by atoms with van der Waals surface area (Å²) in [6, 6.07) is -1.37. The first-order chi connectivity index (χ1) is 31.1. The summed E-state index contributed by atoms with van der Waals surface area (Å²) in [6.07, 6.45) is 32.5. The standard InChI is InChI=1S/C52H99NO11/c1-3-5-7-9-11-13-15-16-17-18-19-20-21-22-23-24-25-26-27-29-31-33-35-37-39-44(56)51(62)53-42(41-63-52-50(61)49(60)48(59)45(40-54)64-52)46(57)47(58)43(55)38-36-34-32-30-28-14-12-10-8-6-4-2/h16-17,36,38,42-50,52,54-61H,3-15,18-35,37,39-41H2,1-2H3,(H,53,62)/b17-16-,38-36-/t42-,43+,44+,45+,46-,47+,48+,49-,50+,52+/m0/s1. The van der Waals surface area contributed by atoms with Crippen molar-refractivity contribution in [3.63, 3.8) is 0 Å². The van der Waals surface area contributed by atoms with Gasteiger partial charge in [-0.2, -0.15) is 0 Å². The van der Waals surface area contributed by atoms with Gasteiger partial charge in [0, 0.05) is 0 Å². The molecule has 9 N–H and O–H groups in total. The lowest BCUT2D eigenvalue weighted by Gasteiger charge is -2.40. The Balaban J connectivity index is 2.38. The Hall–Kier alpha value is -1.45. The van der Waals surface area contributed by atoms with Crippen LogP contribution in [0.4, 0.5) is 0 Å². The summed E-state index contributed by atoms with van der Waals surface area (Å²) in [5, 5.41) is 86.3. The van der Waals surface area contributed by atoms with Gasteiger partial charge in [0.05, 0.1) is 19.3 Å². The van der Waals surface area contributed by atoms with E-state index in [1.54, 1.807) is 6.08 Å². The number of hydrogen-bond donors (Lipinski definition) is 9. The summed E-state index contributed by atoms with van der Waals surface area (Å²) in [4.78, 5) is 13.1. The molecule has 0 aromatic rings. The van der Waals surface area contributed by atoms with Gasteiger partial charge < -0.3 is 55.6 Å². The molecule has 378 valence electrons. The smallest absolute Gasteiger partial charge is 0.249 e. The van der Waals surface area contributed by atoms with Gasteiger partial charge in [-0.3, -0.25) is 4.79 Å². The van der Waals surface area contributed by atoms with Crippen LogP contribution >= 0.6 is 0 Å². The molecule has 12 nitrogen and oxygen atoms in total. The SMILES string of the molecule is CCCCCCCC/C=C\CCCCCCCCCCCCCCCC[C@@H](O)C(=O)N[C@@H](CO[C@@H]1O[C@H](CO)[C@@H](O)[C@H](O)[C@H]1O)[C@H](O)[C@H](O)[C@H](O)/C=C\CCCCCCCCCCC. The Kier molecular flexibility index (Phi) is 39.5. The van der Waals surface area contributed by atoms with E-state index in [9.17, 15) is 45.6 Å². The fourth-order valence-corrected chi connectivity index (χ4v) is 8.40. The Labute approximate surface area is 389 Å². The summed E-state index contributed by atoms with van der Waals surface area (Å²) < 4.78 is 11.0. The van der Waals surface area contributed by atoms with E-state index < -0.39 is 80.3 Å². The van der Waals surface area contributed by atoms with Crippen LogP contribution in [0, 0.1) is 0 Å². The predicted molar refractivity (Wildman–Crippen MR) is 258 cm³/mol. The van der Waals surface area contributed by atoms with Crippen LogP contribution in [0.1, 0.15) is 226 Å². The first-order valence-corrected chi connectivity index (χ1v) is 26.3. The zero-order chi connectivity index (χ0) is 47.0. The van der Waals surface area contributed by atoms with Crippen LogP contribution in [-0.4, -0.2) is 121 Å². The van der Waals surface area contributed by atoms with Crippen LogP contribution in [-0.2, 0) is 14.3 Å². The summed E-state index contributed by atoms with van der Waals surface area (Å²) in [5.74, 6) is -0.796. The van der Waals surface area contributed by atoms with Crippen molar-refractivity contribution in [2.45, 2.75) is 287 Å². The molecule has 1 fully saturated rings. The molecule has 0 bridgehead atoms. The van der Waals surface area contributed by atoms with Crippen LogP contribution < -0.4 is 5.32 Å². The molecule has 1 aliphatic heterocycles. The van der Waals surface area contributed by atoms with E-state index in [4.69, 9.17) is 9.47 Å². The Morgan fingerprint density at radius 3 is 1.39 bits per heavy atom. The van der Waals surface area contributed by atoms with Crippen LogP contribution in [0.25, 0.3) is 0 Å². The molecule has 0 saturated carbocycles. The molecular formula is C52H99NO11. The lowest BCUT2D eigenvalue weighted by molar-refractivity contribution is -0.303. The summed E-state index contributed by atoms with van der Waals surface area (Å²) in [6.45, 7) is 3.24. The van der Waals surface area contributed by atoms with E-state index in [0.717, 1.165) is 38.5 Å². The minimum atomic E-state index is -1.77. The molecule has 0 aromatic heterocycles. The molecule has 64 heavy (non-hydrogen) atoms. The largest absolute Gasteiger partial charge is 0.394 e. The second kappa shape index (κ2) is 41.7. The monoisotopic (exact) mass is 914 g/mol. The molecule has 1 aliphatic rings. The number of rotatable bonds is 44. The number of ether oxygens (including phenoxy) is 2. The van der Waals surface area contributed by atoms with Crippen molar-refractivity contribution < 1.29 is 55.1 Å². The molecule has 1 heterocycles. The molecule has 1 amide bonds. The topological polar surface area (TPSA) is 209 Å². The van der Waals surface area contributed by atoms with E-state index in [0.29, 0.717) is 12.8 Å². The van der Waals surface area contributed by atoms with Gasteiger partial charge in [-0.25, -0.2) is 0 Å². The van der Waals surface area contributed by atoms with Crippen molar-refractivity contribution in [1.29, 1.82) is 0 Å². The van der Waals surface area contributed by atoms with Gasteiger partial charge in [0.25, 0.3) is 0 Å². The molecule has 0 aliphatic carbocycles. The molecule has 0 aromatic carbocycles. The van der Waals surface area contributed by atoms with Crippen molar-refractivity contribution in [1.82, 2.24) is 5.32 Å². The summed E-state index contributed by atoms with van der Waals surface area (Å²) in [5.41, 5.74) is 0. The van der Waals surface area contributed by atoms with Crippen molar-refractivity contribution in [3.05, 3.63) is 24.3 Å². The number of amides is 1. The Morgan fingerprint density at radius 2 is 0.953 bits per heavy atom. The number of nitrogens with one attached hydrogen (secondary N) is 1. The maximum absolute atomic E-state index is 13.1. The van der Waals surface area contributed by atoms with Gasteiger partial charge in [0.2, 0.25) is 5.91 Å². The molecule has 0 radical (unpaired) electrons. The first kappa shape index (κ1) is 60.6. The molecular weight excluding hydrogens is 815 g/mol. The third-order valence-corrected chi connectivity index (χ3v) is 12.8. The lowest BCUT2D eigenvalue weighted by Crippen LogP contribution is -2.60. The molecule has 12 heteroatoms. The number of carbonyl (C=O) groups is 1. The molecule has 1 rings (SSSR count). The normalized spacial score (nSPS) is 21.7. The van der Waals surface area contributed by atoms with Gasteiger partial charge in [-0.15, -0.1) is 0 Å². The highest BCUT2D eigenvalue weighted by Crippen LogP contribution is 2.23. The molecule has 0 unspecified atom stereocenters. The second-order valence-electron chi connectivity index (χ2n) is 18.7. The quantitative estimate of drug-likeness (QED) is 0.0209. The zero-order valence-corrected chi connectivity index (χ0v) is 40.6. The maximum atomic E-state index is 13.1. The average Bonchev–Trinajstić information content (AvgIpc) is 3.29. The third-order valence-electron chi connectivity index (χ3n) is 12.8. The number of hydrogen-bond acceptors (Lipinski definition) is 11. The Bertz CT molecular complexity index is 1110. The highest BCUT2D eigenvalue weighted by Gasteiger charge is 2.45. The van der Waals surface area contributed by atoms with Crippen LogP contribution in [0.5, 0.6) is 0 Å². The lowest BCUT2D eigenvalue weighted by atomic mass is 9.98. The summed E-state index contributed by atoms with van der Waals surface area (Å²) in [7, 11) is 0. The second-order valence-corrected chi connectivity index (χ2v) is 18.7. The first-order valence-electron chi connectivity index (χ1n) is 26.3. The highest BCUT2D eigenvalue weighted by molar-refractivity contribution is 5.80.